The second-order valence-corrected chi connectivity index (χ2v) is 5.29. The molecule has 0 saturated carbocycles. The van der Waals surface area contributed by atoms with Crippen molar-refractivity contribution in [1.82, 2.24) is 4.90 Å². The van der Waals surface area contributed by atoms with Crippen molar-refractivity contribution in [2.45, 2.75) is 19.3 Å². The van der Waals surface area contributed by atoms with Crippen molar-refractivity contribution >= 4 is 11.9 Å². The Balaban J connectivity index is 1.55. The summed E-state index contributed by atoms with van der Waals surface area (Å²) in [5.74, 6) is 0.825. The summed E-state index contributed by atoms with van der Waals surface area (Å²) in [6.45, 7) is 1.49. The summed E-state index contributed by atoms with van der Waals surface area (Å²) in [5.41, 5.74) is 0. The van der Waals surface area contributed by atoms with Crippen molar-refractivity contribution in [3.63, 3.8) is 0 Å². The topological polar surface area (TPSA) is 55.8 Å². The Bertz CT molecular complexity index is 474. The molecule has 1 saturated heterocycles. The second-order valence-electron chi connectivity index (χ2n) is 5.29. The van der Waals surface area contributed by atoms with Crippen LogP contribution in [0.2, 0.25) is 0 Å². The minimum atomic E-state index is -0.228. The smallest absolute Gasteiger partial charge is 0.305 e. The third-order valence-electron chi connectivity index (χ3n) is 3.44. The van der Waals surface area contributed by atoms with E-state index < -0.39 is 0 Å². The zero-order valence-corrected chi connectivity index (χ0v) is 12.3. The maximum Gasteiger partial charge on any atom is 0.305 e. The summed E-state index contributed by atoms with van der Waals surface area (Å²) in [5, 5.41) is 0. The maximum absolute atomic E-state index is 11.6. The summed E-state index contributed by atoms with van der Waals surface area (Å²) in [4.78, 5) is 24.6. The van der Waals surface area contributed by atoms with Gasteiger partial charge in [-0.05, 0) is 18.6 Å². The van der Waals surface area contributed by atoms with Gasteiger partial charge in [0.05, 0.1) is 13.2 Å². The molecule has 1 heterocycles. The van der Waals surface area contributed by atoms with Crippen molar-refractivity contribution in [2.75, 3.05) is 26.8 Å². The summed E-state index contributed by atoms with van der Waals surface area (Å²) in [6.07, 6.45) is 1.43. The largest absolute Gasteiger partial charge is 0.494 e. The molecule has 114 valence electrons. The molecule has 1 fully saturated rings. The van der Waals surface area contributed by atoms with E-state index in [4.69, 9.17) is 9.47 Å². The van der Waals surface area contributed by atoms with Crippen LogP contribution in [0.5, 0.6) is 5.75 Å². The van der Waals surface area contributed by atoms with Gasteiger partial charge in [0.15, 0.2) is 0 Å². The van der Waals surface area contributed by atoms with Gasteiger partial charge in [-0.3, -0.25) is 9.59 Å². The predicted octanol–water partition coefficient (Wildman–Crippen LogP) is 1.87. The number of carbonyl (C=O) groups is 2. The Morgan fingerprint density at radius 3 is 2.76 bits per heavy atom. The van der Waals surface area contributed by atoms with E-state index in [1.54, 1.807) is 11.9 Å². The molecular weight excluding hydrogens is 270 g/mol. The van der Waals surface area contributed by atoms with E-state index >= 15 is 0 Å². The quantitative estimate of drug-likeness (QED) is 0.568. The van der Waals surface area contributed by atoms with Crippen LogP contribution in [-0.2, 0) is 14.3 Å². The fourth-order valence-electron chi connectivity index (χ4n) is 2.27. The van der Waals surface area contributed by atoms with E-state index in [9.17, 15) is 9.59 Å². The molecular formula is C16H21NO4. The Morgan fingerprint density at radius 2 is 2.10 bits per heavy atom. The fraction of sp³-hybridized carbons (Fsp3) is 0.500. The monoisotopic (exact) mass is 291 g/mol. The van der Waals surface area contributed by atoms with Gasteiger partial charge in [-0.2, -0.15) is 0 Å². The second kappa shape index (κ2) is 7.67. The number of esters is 1. The van der Waals surface area contributed by atoms with Crippen molar-refractivity contribution in [1.29, 1.82) is 0 Å². The van der Waals surface area contributed by atoms with Crippen molar-refractivity contribution in [3.8, 4) is 5.75 Å². The lowest BCUT2D eigenvalue weighted by Crippen LogP contribution is -2.20. The number of carbonyl (C=O) groups excluding carboxylic acids is 2. The fourth-order valence-corrected chi connectivity index (χ4v) is 2.27. The number of likely N-dealkylation sites (tertiary alicyclic amines) is 1. The Morgan fingerprint density at radius 1 is 1.33 bits per heavy atom. The minimum Gasteiger partial charge on any atom is -0.494 e. The third-order valence-corrected chi connectivity index (χ3v) is 3.44. The molecule has 1 aromatic carbocycles. The number of rotatable bonds is 7. The molecule has 0 spiro atoms. The highest BCUT2D eigenvalue weighted by atomic mass is 16.5. The molecule has 21 heavy (non-hydrogen) atoms. The SMILES string of the molecule is CN1C[C@@H](COC(=O)CCCOc2ccccc2)CC1=O. The number of hydrogen-bond donors (Lipinski definition) is 0. The molecule has 0 radical (unpaired) electrons. The highest BCUT2D eigenvalue weighted by Gasteiger charge is 2.27. The molecule has 2 rings (SSSR count). The summed E-state index contributed by atoms with van der Waals surface area (Å²) in [7, 11) is 1.77. The normalized spacial score (nSPS) is 17.9. The van der Waals surface area contributed by atoms with Gasteiger partial charge >= 0.3 is 5.97 Å². The molecule has 5 nitrogen and oxygen atoms in total. The maximum atomic E-state index is 11.6. The van der Waals surface area contributed by atoms with E-state index in [1.807, 2.05) is 30.3 Å². The van der Waals surface area contributed by atoms with Gasteiger partial charge in [-0.15, -0.1) is 0 Å². The van der Waals surface area contributed by atoms with Crippen LogP contribution in [0.4, 0.5) is 0 Å². The van der Waals surface area contributed by atoms with Gasteiger partial charge in [0.1, 0.15) is 5.75 Å². The standard InChI is InChI=1S/C16H21NO4/c1-17-11-13(10-15(17)18)12-21-16(19)8-5-9-20-14-6-3-2-4-7-14/h2-4,6-7,13H,5,8-12H2,1H3/t13-/m0/s1. The highest BCUT2D eigenvalue weighted by molar-refractivity contribution is 5.78. The summed E-state index contributed by atoms with van der Waals surface area (Å²) >= 11 is 0. The summed E-state index contributed by atoms with van der Waals surface area (Å²) < 4.78 is 10.7. The van der Waals surface area contributed by atoms with Crippen LogP contribution in [0, 0.1) is 5.92 Å². The summed E-state index contributed by atoms with van der Waals surface area (Å²) in [6, 6.07) is 9.50. The molecule has 1 aliphatic rings. The van der Waals surface area contributed by atoms with Crippen LogP contribution in [0.3, 0.4) is 0 Å². The minimum absolute atomic E-state index is 0.118. The predicted molar refractivity (Wildman–Crippen MR) is 77.9 cm³/mol. The average molecular weight is 291 g/mol. The molecule has 1 atom stereocenters. The number of benzene rings is 1. The lowest BCUT2D eigenvalue weighted by Gasteiger charge is -2.11. The number of nitrogens with zero attached hydrogens (tertiary/aromatic N) is 1. The highest BCUT2D eigenvalue weighted by Crippen LogP contribution is 2.16. The first kappa shape index (κ1) is 15.4. The van der Waals surface area contributed by atoms with Crippen LogP contribution >= 0.6 is 0 Å². The average Bonchev–Trinajstić information content (AvgIpc) is 2.81. The third kappa shape index (κ3) is 5.10. The van der Waals surface area contributed by atoms with Crippen LogP contribution in [-0.4, -0.2) is 43.6 Å². The van der Waals surface area contributed by atoms with Crippen LogP contribution < -0.4 is 4.74 Å². The number of ether oxygens (including phenoxy) is 2. The van der Waals surface area contributed by atoms with Gasteiger partial charge in [0.2, 0.25) is 5.91 Å². The molecule has 0 aliphatic carbocycles. The van der Waals surface area contributed by atoms with E-state index in [0.717, 1.165) is 5.75 Å². The van der Waals surface area contributed by atoms with Gasteiger partial charge < -0.3 is 14.4 Å². The molecule has 0 aromatic heterocycles. The molecule has 1 amide bonds. The van der Waals surface area contributed by atoms with E-state index in [-0.39, 0.29) is 17.8 Å². The molecule has 1 aromatic rings. The first-order chi connectivity index (χ1) is 10.1. The van der Waals surface area contributed by atoms with Crippen molar-refractivity contribution in [2.24, 2.45) is 5.92 Å². The number of para-hydroxylation sites is 1. The van der Waals surface area contributed by atoms with Gasteiger partial charge in [0.25, 0.3) is 0 Å². The molecule has 0 unspecified atom stereocenters. The lowest BCUT2D eigenvalue weighted by molar-refractivity contribution is -0.145. The Labute approximate surface area is 124 Å². The molecule has 0 N–H and O–H groups in total. The van der Waals surface area contributed by atoms with E-state index in [1.165, 1.54) is 0 Å². The Kier molecular flexibility index (Phi) is 5.60. The van der Waals surface area contributed by atoms with Gasteiger partial charge in [0, 0.05) is 32.4 Å². The van der Waals surface area contributed by atoms with Gasteiger partial charge in [-0.25, -0.2) is 0 Å². The van der Waals surface area contributed by atoms with Crippen molar-refractivity contribution in [3.05, 3.63) is 30.3 Å². The van der Waals surface area contributed by atoms with Crippen LogP contribution in [0.15, 0.2) is 30.3 Å². The van der Waals surface area contributed by atoms with E-state index in [0.29, 0.717) is 39.0 Å². The lowest BCUT2D eigenvalue weighted by atomic mass is 10.1. The van der Waals surface area contributed by atoms with Crippen LogP contribution in [0.25, 0.3) is 0 Å². The number of amides is 1. The first-order valence-electron chi connectivity index (χ1n) is 7.22. The number of hydrogen-bond acceptors (Lipinski definition) is 4. The van der Waals surface area contributed by atoms with Crippen molar-refractivity contribution < 1.29 is 19.1 Å². The first-order valence-corrected chi connectivity index (χ1v) is 7.22. The van der Waals surface area contributed by atoms with Crippen LogP contribution in [0.1, 0.15) is 19.3 Å². The molecule has 5 heteroatoms. The van der Waals surface area contributed by atoms with E-state index in [2.05, 4.69) is 0 Å². The molecule has 1 aliphatic heterocycles. The Hall–Kier alpha value is -2.04. The zero-order valence-electron chi connectivity index (χ0n) is 12.3. The zero-order chi connectivity index (χ0) is 15.1. The van der Waals surface area contributed by atoms with Gasteiger partial charge in [-0.1, -0.05) is 18.2 Å². The molecule has 0 bridgehead atoms.